The van der Waals surface area contributed by atoms with Crippen molar-refractivity contribution in [1.82, 2.24) is 0 Å². The van der Waals surface area contributed by atoms with Crippen LogP contribution in [0.4, 0.5) is 0 Å². The van der Waals surface area contributed by atoms with Crippen molar-refractivity contribution in [2.45, 2.75) is 46.0 Å². The molecule has 0 aromatic heterocycles. The highest BCUT2D eigenvalue weighted by Crippen LogP contribution is 2.07. The topological polar surface area (TPSA) is 35.5 Å². The summed E-state index contributed by atoms with van der Waals surface area (Å²) in [6.07, 6.45) is 5.70. The third-order valence-electron chi connectivity index (χ3n) is 3.17. The average Bonchev–Trinajstić information content (AvgIpc) is 2.49. The van der Waals surface area contributed by atoms with Crippen LogP contribution in [0.3, 0.4) is 0 Å². The van der Waals surface area contributed by atoms with Crippen molar-refractivity contribution in [2.75, 3.05) is 19.8 Å². The number of esters is 1. The maximum absolute atomic E-state index is 11.8. The monoisotopic (exact) mass is 278 g/mol. The molecule has 0 spiro atoms. The van der Waals surface area contributed by atoms with Gasteiger partial charge in [0, 0.05) is 6.61 Å². The molecule has 112 valence electrons. The van der Waals surface area contributed by atoms with Crippen LogP contribution in [0.25, 0.3) is 0 Å². The van der Waals surface area contributed by atoms with Gasteiger partial charge in [-0.2, -0.15) is 0 Å². The molecule has 0 aliphatic heterocycles. The molecule has 3 nitrogen and oxygen atoms in total. The van der Waals surface area contributed by atoms with E-state index in [9.17, 15) is 4.79 Å². The van der Waals surface area contributed by atoms with E-state index in [-0.39, 0.29) is 5.97 Å². The Morgan fingerprint density at radius 3 is 2.65 bits per heavy atom. The highest BCUT2D eigenvalue weighted by molar-refractivity contribution is 5.89. The third-order valence-corrected chi connectivity index (χ3v) is 3.17. The van der Waals surface area contributed by atoms with E-state index < -0.39 is 0 Å². The van der Waals surface area contributed by atoms with Gasteiger partial charge in [0.25, 0.3) is 0 Å². The molecule has 0 amide bonds. The second kappa shape index (κ2) is 10.4. The van der Waals surface area contributed by atoms with Gasteiger partial charge in [0.2, 0.25) is 0 Å². The summed E-state index contributed by atoms with van der Waals surface area (Å²) < 4.78 is 10.6. The quantitative estimate of drug-likeness (QED) is 0.479. The summed E-state index contributed by atoms with van der Waals surface area (Å²) in [6, 6.07) is 7.57. The Hall–Kier alpha value is -1.35. The predicted molar refractivity (Wildman–Crippen MR) is 81.1 cm³/mol. The first-order valence-electron chi connectivity index (χ1n) is 7.61. The molecule has 0 heterocycles. The number of hydrogen-bond donors (Lipinski definition) is 0. The molecule has 0 aliphatic rings. The van der Waals surface area contributed by atoms with Crippen molar-refractivity contribution in [2.24, 2.45) is 0 Å². The number of carbonyl (C=O) groups is 1. The summed E-state index contributed by atoms with van der Waals surface area (Å²) in [4.78, 5) is 11.8. The van der Waals surface area contributed by atoms with Gasteiger partial charge in [-0.05, 0) is 30.5 Å². The fourth-order valence-corrected chi connectivity index (χ4v) is 1.93. The van der Waals surface area contributed by atoms with Crippen LogP contribution < -0.4 is 0 Å². The first-order chi connectivity index (χ1) is 9.77. The normalized spacial score (nSPS) is 10.5. The van der Waals surface area contributed by atoms with Crippen LogP contribution in [0.15, 0.2) is 24.3 Å². The van der Waals surface area contributed by atoms with Gasteiger partial charge in [-0.15, -0.1) is 0 Å². The molecule has 0 saturated heterocycles. The van der Waals surface area contributed by atoms with Crippen LogP contribution >= 0.6 is 0 Å². The Morgan fingerprint density at radius 2 is 1.90 bits per heavy atom. The minimum absolute atomic E-state index is 0.269. The van der Waals surface area contributed by atoms with Crippen molar-refractivity contribution in [3.05, 3.63) is 35.4 Å². The second-order valence-corrected chi connectivity index (χ2v) is 4.86. The number of carbonyl (C=O) groups excluding carboxylic acids is 1. The van der Waals surface area contributed by atoms with E-state index in [1.54, 1.807) is 6.07 Å². The molecule has 20 heavy (non-hydrogen) atoms. The van der Waals surface area contributed by atoms with E-state index in [2.05, 4.69) is 13.8 Å². The highest BCUT2D eigenvalue weighted by Gasteiger charge is 2.06. The molecular formula is C17H26O3. The molecule has 1 rings (SSSR count). The number of unbranched alkanes of at least 4 members (excludes halogenated alkanes) is 3. The fraction of sp³-hybridized carbons (Fsp3) is 0.588. The van der Waals surface area contributed by atoms with Crippen molar-refractivity contribution in [3.63, 3.8) is 0 Å². The molecule has 0 bridgehead atoms. The number of benzene rings is 1. The summed E-state index contributed by atoms with van der Waals surface area (Å²) in [5.41, 5.74) is 1.76. The Bertz CT molecular complexity index is 388. The lowest BCUT2D eigenvalue weighted by atomic mass is 10.1. The summed E-state index contributed by atoms with van der Waals surface area (Å²) in [6.45, 7) is 5.81. The smallest absolute Gasteiger partial charge is 0.338 e. The molecule has 3 heteroatoms. The fourth-order valence-electron chi connectivity index (χ4n) is 1.93. The highest BCUT2D eigenvalue weighted by atomic mass is 16.6. The van der Waals surface area contributed by atoms with E-state index in [1.807, 2.05) is 18.2 Å². The van der Waals surface area contributed by atoms with E-state index in [4.69, 9.17) is 9.47 Å². The number of hydrogen-bond acceptors (Lipinski definition) is 3. The maximum Gasteiger partial charge on any atom is 0.338 e. The molecule has 1 aromatic carbocycles. The standard InChI is InChI=1S/C17H26O3/c1-3-5-6-7-11-19-12-13-20-17(18)16-10-8-9-15(4-2)14-16/h8-10,14H,3-7,11-13H2,1-2H3. The van der Waals surface area contributed by atoms with E-state index >= 15 is 0 Å². The summed E-state index contributed by atoms with van der Waals surface area (Å²) in [5, 5.41) is 0. The lowest BCUT2D eigenvalue weighted by Crippen LogP contribution is -2.11. The Labute approximate surface area is 122 Å². The molecule has 1 aromatic rings. The van der Waals surface area contributed by atoms with Gasteiger partial charge in [0.05, 0.1) is 12.2 Å². The first-order valence-corrected chi connectivity index (χ1v) is 7.61. The Balaban J connectivity index is 2.13. The summed E-state index contributed by atoms with van der Waals surface area (Å²) in [5.74, 6) is -0.269. The van der Waals surface area contributed by atoms with Crippen molar-refractivity contribution < 1.29 is 14.3 Å². The maximum atomic E-state index is 11.8. The molecule has 0 radical (unpaired) electrons. The van der Waals surface area contributed by atoms with E-state index in [1.165, 1.54) is 19.3 Å². The van der Waals surface area contributed by atoms with Crippen molar-refractivity contribution >= 4 is 5.97 Å². The largest absolute Gasteiger partial charge is 0.460 e. The molecule has 0 fully saturated rings. The third kappa shape index (κ3) is 6.71. The minimum atomic E-state index is -0.269. The zero-order valence-electron chi connectivity index (χ0n) is 12.7. The lowest BCUT2D eigenvalue weighted by molar-refractivity contribution is 0.0312. The molecule has 0 aliphatic carbocycles. The first kappa shape index (κ1) is 16.7. The van der Waals surface area contributed by atoms with Gasteiger partial charge in [0.15, 0.2) is 0 Å². The van der Waals surface area contributed by atoms with Crippen LogP contribution in [-0.2, 0) is 15.9 Å². The summed E-state index contributed by atoms with van der Waals surface area (Å²) in [7, 11) is 0. The van der Waals surface area contributed by atoms with Gasteiger partial charge < -0.3 is 9.47 Å². The zero-order chi connectivity index (χ0) is 14.6. The minimum Gasteiger partial charge on any atom is -0.460 e. The zero-order valence-corrected chi connectivity index (χ0v) is 12.7. The Morgan fingerprint density at radius 1 is 1.05 bits per heavy atom. The predicted octanol–water partition coefficient (Wildman–Crippen LogP) is 4.00. The van der Waals surface area contributed by atoms with E-state index in [0.29, 0.717) is 18.8 Å². The van der Waals surface area contributed by atoms with Gasteiger partial charge in [-0.1, -0.05) is 45.2 Å². The van der Waals surface area contributed by atoms with Crippen LogP contribution in [0.5, 0.6) is 0 Å². The van der Waals surface area contributed by atoms with Gasteiger partial charge >= 0.3 is 5.97 Å². The molecule has 0 saturated carbocycles. The number of rotatable bonds is 10. The van der Waals surface area contributed by atoms with Crippen LogP contribution in [0.1, 0.15) is 55.5 Å². The van der Waals surface area contributed by atoms with Gasteiger partial charge in [0.1, 0.15) is 6.61 Å². The molecule has 0 atom stereocenters. The number of ether oxygens (including phenoxy) is 2. The van der Waals surface area contributed by atoms with Crippen LogP contribution in [-0.4, -0.2) is 25.8 Å². The second-order valence-electron chi connectivity index (χ2n) is 4.86. The lowest BCUT2D eigenvalue weighted by Gasteiger charge is -2.07. The Kier molecular flexibility index (Phi) is 8.72. The van der Waals surface area contributed by atoms with Crippen LogP contribution in [0, 0.1) is 0 Å². The van der Waals surface area contributed by atoms with Gasteiger partial charge in [-0.25, -0.2) is 4.79 Å². The van der Waals surface area contributed by atoms with Gasteiger partial charge in [-0.3, -0.25) is 0 Å². The molecule has 0 N–H and O–H groups in total. The molecule has 0 unspecified atom stereocenters. The van der Waals surface area contributed by atoms with Crippen molar-refractivity contribution in [1.29, 1.82) is 0 Å². The molecular weight excluding hydrogens is 252 g/mol. The summed E-state index contributed by atoms with van der Waals surface area (Å²) >= 11 is 0. The SMILES string of the molecule is CCCCCCOCCOC(=O)c1cccc(CC)c1. The van der Waals surface area contributed by atoms with Crippen molar-refractivity contribution in [3.8, 4) is 0 Å². The van der Waals surface area contributed by atoms with E-state index in [0.717, 1.165) is 25.0 Å². The average molecular weight is 278 g/mol. The number of aryl methyl sites for hydroxylation is 1. The van der Waals surface area contributed by atoms with Crippen LogP contribution in [0.2, 0.25) is 0 Å².